The lowest BCUT2D eigenvalue weighted by molar-refractivity contribution is -0.139. The lowest BCUT2D eigenvalue weighted by atomic mass is 9.82. The highest BCUT2D eigenvalue weighted by Crippen LogP contribution is 2.44. The Morgan fingerprint density at radius 3 is 2.48 bits per heavy atom. The molecule has 5 rings (SSSR count). The molecule has 6 heteroatoms. The summed E-state index contributed by atoms with van der Waals surface area (Å²) in [4.78, 5) is 32.4. The second kappa shape index (κ2) is 9.40. The molecule has 0 radical (unpaired) electrons. The van der Waals surface area contributed by atoms with Crippen LogP contribution < -0.4 is 9.64 Å². The monoisotopic (exact) mass is 460 g/mol. The van der Waals surface area contributed by atoms with Crippen molar-refractivity contribution in [2.45, 2.75) is 37.8 Å². The number of hydrogen-bond acceptors (Lipinski definition) is 4. The summed E-state index contributed by atoms with van der Waals surface area (Å²) in [6.07, 6.45) is 2.94. The van der Waals surface area contributed by atoms with Gasteiger partial charge < -0.3 is 14.5 Å². The Bertz CT molecular complexity index is 1100. The van der Waals surface area contributed by atoms with E-state index in [2.05, 4.69) is 22.4 Å². The number of methoxy groups -OCH3 is 1. The lowest BCUT2D eigenvalue weighted by Crippen LogP contribution is -2.49. The third kappa shape index (κ3) is 4.15. The van der Waals surface area contributed by atoms with E-state index in [9.17, 15) is 9.59 Å². The summed E-state index contributed by atoms with van der Waals surface area (Å²) < 4.78 is 5.31. The van der Waals surface area contributed by atoms with Crippen LogP contribution in [0.2, 0.25) is 0 Å². The number of thiophene rings is 1. The fraction of sp³-hybridized carbons (Fsp3) is 0.333. The van der Waals surface area contributed by atoms with Gasteiger partial charge in [0.1, 0.15) is 5.75 Å². The number of ether oxygens (including phenoxy) is 1. The molecule has 0 saturated carbocycles. The molecule has 5 nitrogen and oxygen atoms in total. The van der Waals surface area contributed by atoms with Crippen molar-refractivity contribution >= 4 is 28.8 Å². The summed E-state index contributed by atoms with van der Waals surface area (Å²) in [5, 5.41) is 2.08. The van der Waals surface area contributed by atoms with Gasteiger partial charge in [0.25, 0.3) is 0 Å². The van der Waals surface area contributed by atoms with Gasteiger partial charge in [-0.3, -0.25) is 9.59 Å². The molecule has 0 N–H and O–H groups in total. The molecule has 2 saturated heterocycles. The van der Waals surface area contributed by atoms with E-state index in [4.69, 9.17) is 4.74 Å². The van der Waals surface area contributed by atoms with Gasteiger partial charge in [-0.05, 0) is 60.5 Å². The molecule has 0 bridgehead atoms. The van der Waals surface area contributed by atoms with Gasteiger partial charge in [-0.25, -0.2) is 0 Å². The highest BCUT2D eigenvalue weighted by Gasteiger charge is 2.45. The van der Waals surface area contributed by atoms with Crippen molar-refractivity contribution in [2.24, 2.45) is 5.92 Å². The van der Waals surface area contributed by atoms with Gasteiger partial charge in [-0.1, -0.05) is 36.4 Å². The molecule has 0 spiro atoms. The van der Waals surface area contributed by atoms with Crippen LogP contribution in [0, 0.1) is 5.92 Å². The van der Waals surface area contributed by atoms with Crippen LogP contribution in [0.3, 0.4) is 0 Å². The Labute approximate surface area is 198 Å². The highest BCUT2D eigenvalue weighted by molar-refractivity contribution is 7.10. The van der Waals surface area contributed by atoms with Crippen molar-refractivity contribution in [2.75, 3.05) is 18.6 Å². The van der Waals surface area contributed by atoms with E-state index in [0.717, 1.165) is 36.4 Å². The van der Waals surface area contributed by atoms with E-state index in [0.29, 0.717) is 12.8 Å². The number of likely N-dealkylation sites (tertiary alicyclic amines) is 1. The van der Waals surface area contributed by atoms with Crippen LogP contribution in [0.15, 0.2) is 72.1 Å². The average Bonchev–Trinajstić information content (AvgIpc) is 3.56. The van der Waals surface area contributed by atoms with Crippen LogP contribution in [-0.2, 0) is 9.59 Å². The maximum Gasteiger partial charge on any atom is 0.228 e. The predicted octanol–water partition coefficient (Wildman–Crippen LogP) is 5.60. The normalized spacial score (nSPS) is 23.1. The van der Waals surface area contributed by atoms with Gasteiger partial charge in [0, 0.05) is 23.5 Å². The van der Waals surface area contributed by atoms with E-state index < -0.39 is 0 Å². The van der Waals surface area contributed by atoms with Crippen molar-refractivity contribution in [3.63, 3.8) is 0 Å². The Balaban J connectivity index is 1.53. The van der Waals surface area contributed by atoms with Crippen molar-refractivity contribution in [1.82, 2.24) is 4.90 Å². The quantitative estimate of drug-likeness (QED) is 0.498. The number of nitrogens with zero attached hydrogens (tertiary/aromatic N) is 2. The Morgan fingerprint density at radius 2 is 1.79 bits per heavy atom. The van der Waals surface area contributed by atoms with Gasteiger partial charge in [-0.15, -0.1) is 11.3 Å². The second-order valence-corrected chi connectivity index (χ2v) is 9.65. The predicted molar refractivity (Wildman–Crippen MR) is 130 cm³/mol. The van der Waals surface area contributed by atoms with E-state index in [1.54, 1.807) is 18.4 Å². The molecule has 3 aromatic rings. The number of carbonyl (C=O) groups excluding carboxylic acids is 2. The molecule has 2 fully saturated rings. The summed E-state index contributed by atoms with van der Waals surface area (Å²) in [5.41, 5.74) is 1.79. The zero-order valence-corrected chi connectivity index (χ0v) is 19.5. The largest absolute Gasteiger partial charge is 0.497 e. The second-order valence-electron chi connectivity index (χ2n) is 8.67. The highest BCUT2D eigenvalue weighted by atomic mass is 32.1. The summed E-state index contributed by atoms with van der Waals surface area (Å²) >= 11 is 1.72. The number of hydrogen-bond donors (Lipinski definition) is 0. The lowest BCUT2D eigenvalue weighted by Gasteiger charge is -2.42. The fourth-order valence-corrected chi connectivity index (χ4v) is 6.12. The standard InChI is InChI=1S/C27H28N2O3S/c1-32-21-13-11-20(12-14-21)29-25(30)16-15-22(26(29)19-7-3-2-4-8-19)27(31)28-17-5-9-23(28)24-10-6-18-33-24/h2-4,6-8,10-14,18,22-23,26H,5,9,15-17H2,1H3/t22-,23+,26+/m0/s1. The topological polar surface area (TPSA) is 49.9 Å². The first-order valence-corrected chi connectivity index (χ1v) is 12.4. The minimum absolute atomic E-state index is 0.0503. The molecule has 3 heterocycles. The molecule has 2 amide bonds. The molecule has 170 valence electrons. The molecule has 3 atom stereocenters. The fourth-order valence-electron chi connectivity index (χ4n) is 5.25. The SMILES string of the molecule is COc1ccc(N2C(=O)CC[C@H](C(=O)N3CCC[C@@H]3c3cccs3)[C@H]2c2ccccc2)cc1. The molecule has 2 aliphatic heterocycles. The van der Waals surface area contributed by atoms with E-state index >= 15 is 0 Å². The van der Waals surface area contributed by atoms with Crippen LogP contribution >= 0.6 is 11.3 Å². The molecular formula is C27H28N2O3S. The zero-order chi connectivity index (χ0) is 22.8. The van der Waals surface area contributed by atoms with Gasteiger partial charge in [-0.2, -0.15) is 0 Å². The van der Waals surface area contributed by atoms with Crippen molar-refractivity contribution in [1.29, 1.82) is 0 Å². The first kappa shape index (κ1) is 21.7. The maximum atomic E-state index is 14.0. The summed E-state index contributed by atoms with van der Waals surface area (Å²) in [6.45, 7) is 0.774. The maximum absolute atomic E-state index is 14.0. The van der Waals surface area contributed by atoms with Gasteiger partial charge in [0.2, 0.25) is 11.8 Å². The van der Waals surface area contributed by atoms with E-state index in [-0.39, 0.29) is 29.8 Å². The van der Waals surface area contributed by atoms with Crippen LogP contribution in [-0.4, -0.2) is 30.4 Å². The Morgan fingerprint density at radius 1 is 1.00 bits per heavy atom. The van der Waals surface area contributed by atoms with E-state index in [1.807, 2.05) is 59.5 Å². The molecule has 0 unspecified atom stereocenters. The number of carbonyl (C=O) groups is 2. The first-order valence-electron chi connectivity index (χ1n) is 11.5. The summed E-state index contributed by atoms with van der Waals surface area (Å²) in [5.74, 6) is 0.663. The summed E-state index contributed by atoms with van der Waals surface area (Å²) in [7, 11) is 1.63. The molecule has 1 aromatic heterocycles. The van der Waals surface area contributed by atoms with E-state index in [1.165, 1.54) is 4.88 Å². The third-order valence-electron chi connectivity index (χ3n) is 6.81. The van der Waals surface area contributed by atoms with Crippen LogP contribution in [0.25, 0.3) is 0 Å². The minimum Gasteiger partial charge on any atom is -0.497 e. The van der Waals surface area contributed by atoms with Gasteiger partial charge in [0.15, 0.2) is 0 Å². The van der Waals surface area contributed by atoms with Gasteiger partial charge in [0.05, 0.1) is 25.1 Å². The Hall–Kier alpha value is -3.12. The van der Waals surface area contributed by atoms with Crippen LogP contribution in [0.1, 0.15) is 48.2 Å². The smallest absolute Gasteiger partial charge is 0.228 e. The average molecular weight is 461 g/mol. The number of anilines is 1. The van der Waals surface area contributed by atoms with Crippen molar-refractivity contribution < 1.29 is 14.3 Å². The summed E-state index contributed by atoms with van der Waals surface area (Å²) in [6, 6.07) is 21.5. The molecule has 2 aliphatic rings. The number of piperidine rings is 1. The van der Waals surface area contributed by atoms with Crippen LogP contribution in [0.4, 0.5) is 5.69 Å². The molecular weight excluding hydrogens is 432 g/mol. The van der Waals surface area contributed by atoms with Crippen LogP contribution in [0.5, 0.6) is 5.75 Å². The number of amides is 2. The number of benzene rings is 2. The molecule has 2 aromatic carbocycles. The minimum atomic E-state index is -0.335. The Kier molecular flexibility index (Phi) is 6.18. The number of rotatable bonds is 5. The first-order chi connectivity index (χ1) is 16.2. The molecule has 33 heavy (non-hydrogen) atoms. The van der Waals surface area contributed by atoms with Gasteiger partial charge >= 0.3 is 0 Å². The van der Waals surface area contributed by atoms with Crippen molar-refractivity contribution in [3.05, 3.63) is 82.6 Å². The third-order valence-corrected chi connectivity index (χ3v) is 7.79. The molecule has 0 aliphatic carbocycles. The zero-order valence-electron chi connectivity index (χ0n) is 18.7. The van der Waals surface area contributed by atoms with Crippen molar-refractivity contribution in [3.8, 4) is 5.75 Å².